The third kappa shape index (κ3) is 8.17. The molecule has 17 rings (SSSR count). The Kier molecular flexibility index (Phi) is 11.8. The van der Waals surface area contributed by atoms with Crippen LogP contribution in [0.1, 0.15) is 22.3 Å². The lowest BCUT2D eigenvalue weighted by molar-refractivity contribution is 0.769. The van der Waals surface area contributed by atoms with Crippen LogP contribution in [0.2, 0.25) is 0 Å². The molecule has 14 aromatic carbocycles. The van der Waals surface area contributed by atoms with Crippen LogP contribution in [0.5, 0.6) is 0 Å². The van der Waals surface area contributed by atoms with Crippen LogP contribution in [0.15, 0.2) is 340 Å². The fourth-order valence-electron chi connectivity index (χ4n) is 14.4. The Morgan fingerprint density at radius 3 is 1.14 bits per heavy atom. The topological polar surface area (TPSA) is 9.86 Å². The van der Waals surface area contributed by atoms with Crippen molar-refractivity contribution in [2.24, 2.45) is 0 Å². The highest BCUT2D eigenvalue weighted by Gasteiger charge is 2.46. The van der Waals surface area contributed by atoms with Crippen molar-refractivity contribution >= 4 is 43.6 Å². The number of aromatic nitrogens is 2. The molecule has 2 heteroatoms. The highest BCUT2D eigenvalue weighted by atomic mass is 15.0. The van der Waals surface area contributed by atoms with Crippen LogP contribution in [0.3, 0.4) is 0 Å². The summed E-state index contributed by atoms with van der Waals surface area (Å²) in [6, 6.07) is 126. The number of hydrogen-bond donors (Lipinski definition) is 0. The summed E-state index contributed by atoms with van der Waals surface area (Å²) in [5, 5.41) is 4.95. The van der Waals surface area contributed by atoms with Gasteiger partial charge in [-0.2, -0.15) is 0 Å². The number of hydrogen-bond acceptors (Lipinski definition) is 0. The zero-order valence-corrected chi connectivity index (χ0v) is 47.7. The molecule has 2 nitrogen and oxygen atoms in total. The average Bonchev–Trinajstić information content (AvgIpc) is 1.65. The van der Waals surface area contributed by atoms with Gasteiger partial charge in [0.1, 0.15) is 0 Å². The molecule has 0 spiro atoms. The van der Waals surface area contributed by atoms with Crippen molar-refractivity contribution < 1.29 is 0 Å². The lowest BCUT2D eigenvalue weighted by Gasteiger charge is -2.34. The minimum atomic E-state index is -0.549. The quantitative estimate of drug-likeness (QED) is 0.129. The molecule has 0 radical (unpaired) electrons. The summed E-state index contributed by atoms with van der Waals surface area (Å²) < 4.78 is 4.86. The summed E-state index contributed by atoms with van der Waals surface area (Å²) in [7, 11) is 0. The molecule has 0 saturated heterocycles. The lowest BCUT2D eigenvalue weighted by Crippen LogP contribution is -2.28. The Balaban J connectivity index is 0.695. The molecule has 0 unspecified atom stereocenters. The molecule has 406 valence electrons. The molecule has 1 aliphatic rings. The predicted octanol–water partition coefficient (Wildman–Crippen LogP) is 22.2. The van der Waals surface area contributed by atoms with Crippen molar-refractivity contribution in [3.8, 4) is 89.3 Å². The normalized spacial score (nSPS) is 12.5. The Bertz CT molecular complexity index is 5270. The van der Waals surface area contributed by atoms with Gasteiger partial charge in [0.15, 0.2) is 0 Å². The summed E-state index contributed by atoms with van der Waals surface area (Å²) in [6.07, 6.45) is 0. The van der Waals surface area contributed by atoms with E-state index in [9.17, 15) is 0 Å². The molecule has 0 aliphatic heterocycles. The first-order valence-electron chi connectivity index (χ1n) is 30.1. The van der Waals surface area contributed by atoms with Gasteiger partial charge in [0.05, 0.1) is 33.2 Å². The van der Waals surface area contributed by atoms with Gasteiger partial charge in [-0.3, -0.25) is 0 Å². The van der Waals surface area contributed by atoms with Crippen LogP contribution in [0.25, 0.3) is 133 Å². The second kappa shape index (κ2) is 20.5. The van der Waals surface area contributed by atoms with Crippen molar-refractivity contribution in [1.29, 1.82) is 0 Å². The van der Waals surface area contributed by atoms with E-state index in [1.807, 2.05) is 0 Å². The molecule has 87 heavy (non-hydrogen) atoms. The third-order valence-corrected chi connectivity index (χ3v) is 18.4. The summed E-state index contributed by atoms with van der Waals surface area (Å²) in [4.78, 5) is 0. The average molecular weight is 1110 g/mol. The fourth-order valence-corrected chi connectivity index (χ4v) is 14.4. The van der Waals surface area contributed by atoms with E-state index < -0.39 is 5.41 Å². The maximum absolute atomic E-state index is 2.44. The van der Waals surface area contributed by atoms with Crippen LogP contribution < -0.4 is 0 Å². The highest BCUT2D eigenvalue weighted by Crippen LogP contribution is 2.57. The van der Waals surface area contributed by atoms with E-state index in [1.54, 1.807) is 0 Å². The zero-order chi connectivity index (χ0) is 57.4. The minimum Gasteiger partial charge on any atom is -0.309 e. The molecule has 0 N–H and O–H groups in total. The Morgan fingerprint density at radius 1 is 0.195 bits per heavy atom. The number of para-hydroxylation sites is 3. The van der Waals surface area contributed by atoms with Gasteiger partial charge in [0, 0.05) is 32.8 Å². The smallest absolute Gasteiger partial charge is 0.0713 e. The standard InChI is InChI=1S/C85H56N2/c1-3-20-57(21-4-1)62-24-17-25-63(52-62)65-27-19-29-69(54-65)85(78-35-12-7-31-72(78)73-32-8-13-36-79(73)85)68-28-18-26-64(53-68)60-42-40-58(41-43-60)59-44-48-70(49-45-59)86-81-38-15-10-33-74(81)76-55-66(46-50-83(76)86)67-47-51-84-77(56-67)75-34-11-16-39-82(75)87(84)80-37-14-9-30-71(80)61-22-5-2-6-23-61/h1-56H. The maximum Gasteiger partial charge on any atom is 0.0713 e. The molecule has 0 atom stereocenters. The molecule has 0 fully saturated rings. The van der Waals surface area contributed by atoms with Crippen LogP contribution in [0.4, 0.5) is 0 Å². The monoisotopic (exact) mass is 1100 g/mol. The van der Waals surface area contributed by atoms with Crippen molar-refractivity contribution in [1.82, 2.24) is 9.13 Å². The van der Waals surface area contributed by atoms with Crippen molar-refractivity contribution in [2.75, 3.05) is 0 Å². The van der Waals surface area contributed by atoms with Gasteiger partial charge in [-0.1, -0.05) is 267 Å². The molecular formula is C85H56N2. The van der Waals surface area contributed by atoms with Gasteiger partial charge >= 0.3 is 0 Å². The van der Waals surface area contributed by atoms with Gasteiger partial charge in [0.25, 0.3) is 0 Å². The summed E-state index contributed by atoms with van der Waals surface area (Å²) >= 11 is 0. The molecule has 2 aromatic heterocycles. The Hall–Kier alpha value is -11.3. The first-order chi connectivity index (χ1) is 43.1. The van der Waals surface area contributed by atoms with Crippen LogP contribution >= 0.6 is 0 Å². The SMILES string of the molecule is c1ccc(-c2cccc(-c3cccc(C4(c5cccc(-c6ccc(-c7ccc(-n8c9ccccc9c9cc(-c%10ccc%11c(c%10)c%10ccccc%10n%11-c%10ccccc%10-c%10ccccc%10)ccc98)cc7)cc6)c5)c5ccccc5-c5ccccc54)c3)c2)cc1. The van der Waals surface area contributed by atoms with Crippen molar-refractivity contribution in [3.63, 3.8) is 0 Å². The summed E-state index contributed by atoms with van der Waals surface area (Å²) in [6.45, 7) is 0. The largest absolute Gasteiger partial charge is 0.309 e. The lowest BCUT2D eigenvalue weighted by atomic mass is 9.67. The number of benzene rings is 14. The van der Waals surface area contributed by atoms with Crippen molar-refractivity contribution in [2.45, 2.75) is 5.41 Å². The molecule has 0 amide bonds. The second-order valence-corrected chi connectivity index (χ2v) is 23.1. The number of rotatable bonds is 10. The Morgan fingerprint density at radius 2 is 0.552 bits per heavy atom. The van der Waals surface area contributed by atoms with Crippen LogP contribution in [-0.2, 0) is 5.41 Å². The van der Waals surface area contributed by atoms with Gasteiger partial charge in [-0.25, -0.2) is 0 Å². The van der Waals surface area contributed by atoms with E-state index in [2.05, 4.69) is 349 Å². The van der Waals surface area contributed by atoms with E-state index in [1.165, 1.54) is 149 Å². The third-order valence-electron chi connectivity index (χ3n) is 18.4. The number of nitrogens with zero attached hydrogens (tertiary/aromatic N) is 2. The Labute approximate surface area is 506 Å². The van der Waals surface area contributed by atoms with Crippen molar-refractivity contribution in [3.05, 3.63) is 362 Å². The molecule has 0 bridgehead atoms. The molecule has 1 aliphatic carbocycles. The van der Waals surface area contributed by atoms with Gasteiger partial charge in [0.2, 0.25) is 0 Å². The van der Waals surface area contributed by atoms with Gasteiger partial charge in [-0.15, -0.1) is 0 Å². The van der Waals surface area contributed by atoms with E-state index >= 15 is 0 Å². The fraction of sp³-hybridized carbons (Fsp3) is 0.0118. The minimum absolute atomic E-state index is 0.549. The van der Waals surface area contributed by atoms with E-state index in [-0.39, 0.29) is 0 Å². The van der Waals surface area contributed by atoms with Gasteiger partial charge in [-0.05, 0) is 167 Å². The zero-order valence-electron chi connectivity index (χ0n) is 47.7. The first kappa shape index (κ1) is 50.2. The maximum atomic E-state index is 2.44. The molecule has 2 heterocycles. The second-order valence-electron chi connectivity index (χ2n) is 23.1. The predicted molar refractivity (Wildman–Crippen MR) is 365 cm³/mol. The van der Waals surface area contributed by atoms with Crippen LogP contribution in [0, 0.1) is 0 Å². The van der Waals surface area contributed by atoms with Crippen LogP contribution in [-0.4, -0.2) is 9.13 Å². The van der Waals surface area contributed by atoms with E-state index in [0.717, 1.165) is 5.69 Å². The van der Waals surface area contributed by atoms with E-state index in [4.69, 9.17) is 0 Å². The molecular weight excluding hydrogens is 1050 g/mol. The van der Waals surface area contributed by atoms with Gasteiger partial charge < -0.3 is 9.13 Å². The highest BCUT2D eigenvalue weighted by molar-refractivity contribution is 6.13. The summed E-state index contributed by atoms with van der Waals surface area (Å²) in [5.41, 5.74) is 28.5. The first-order valence-corrected chi connectivity index (χ1v) is 30.1. The summed E-state index contributed by atoms with van der Waals surface area (Å²) in [5.74, 6) is 0. The molecule has 16 aromatic rings. The molecule has 0 saturated carbocycles. The van der Waals surface area contributed by atoms with E-state index in [0.29, 0.717) is 0 Å². The number of fused-ring (bicyclic) bond motifs is 9.